The lowest BCUT2D eigenvalue weighted by Crippen LogP contribution is -2.23. The zero-order chi connectivity index (χ0) is 15.0. The molecule has 106 valence electrons. The fraction of sp³-hybridized carbons (Fsp3) is 0.0667. The summed E-state index contributed by atoms with van der Waals surface area (Å²) in [6.07, 6.45) is 1.48. The summed E-state index contributed by atoms with van der Waals surface area (Å²) in [6, 6.07) is 6.07. The minimum atomic E-state index is -0.800. The summed E-state index contributed by atoms with van der Waals surface area (Å²) >= 11 is 1.42. The van der Waals surface area contributed by atoms with E-state index in [2.05, 4.69) is 0 Å². The number of ketones is 1. The Balaban J connectivity index is 1.98. The molecule has 0 aliphatic carbocycles. The largest absolute Gasteiger partial charge is 0.307 e. The lowest BCUT2D eigenvalue weighted by molar-refractivity contribution is 0.0966. The molecule has 0 aliphatic rings. The lowest BCUT2D eigenvalue weighted by atomic mass is 10.1. The fourth-order valence-corrected chi connectivity index (χ4v) is 2.85. The molecule has 0 atom stereocenters. The van der Waals surface area contributed by atoms with Gasteiger partial charge in [-0.1, -0.05) is 0 Å². The van der Waals surface area contributed by atoms with Gasteiger partial charge >= 0.3 is 0 Å². The molecule has 3 aromatic rings. The van der Waals surface area contributed by atoms with Crippen molar-refractivity contribution in [3.05, 3.63) is 69.5 Å². The van der Waals surface area contributed by atoms with E-state index in [-0.39, 0.29) is 17.7 Å². The van der Waals surface area contributed by atoms with Crippen LogP contribution in [-0.4, -0.2) is 10.4 Å². The van der Waals surface area contributed by atoms with Crippen molar-refractivity contribution < 1.29 is 13.6 Å². The highest BCUT2D eigenvalue weighted by molar-refractivity contribution is 7.17. The number of fused-ring (bicyclic) bond motifs is 1. The molecule has 0 aliphatic heterocycles. The van der Waals surface area contributed by atoms with Crippen LogP contribution in [0.3, 0.4) is 0 Å². The summed E-state index contributed by atoms with van der Waals surface area (Å²) in [7, 11) is 0. The summed E-state index contributed by atoms with van der Waals surface area (Å²) < 4.78 is 28.7. The fourth-order valence-electron chi connectivity index (χ4n) is 2.08. The summed E-state index contributed by atoms with van der Waals surface area (Å²) in [5.74, 6) is -2.14. The number of nitrogens with zero attached hydrogens (tertiary/aromatic N) is 1. The second-order valence-electron chi connectivity index (χ2n) is 4.49. The van der Waals surface area contributed by atoms with Crippen LogP contribution in [0.2, 0.25) is 0 Å². The highest BCUT2D eigenvalue weighted by Crippen LogP contribution is 2.17. The minimum absolute atomic E-state index is 0.320. The SMILES string of the molecule is O=C(Cn1ccc2sccc2c1=O)c1cc(F)ccc1F. The van der Waals surface area contributed by atoms with E-state index in [1.165, 1.54) is 22.1 Å². The van der Waals surface area contributed by atoms with E-state index in [0.717, 1.165) is 22.9 Å². The third kappa shape index (κ3) is 2.50. The van der Waals surface area contributed by atoms with Crippen molar-refractivity contribution in [2.24, 2.45) is 0 Å². The third-order valence-electron chi connectivity index (χ3n) is 3.14. The van der Waals surface area contributed by atoms with Gasteiger partial charge in [0.25, 0.3) is 5.56 Å². The maximum atomic E-state index is 13.6. The first-order valence-electron chi connectivity index (χ1n) is 6.11. The van der Waals surface area contributed by atoms with Crippen LogP contribution in [0.15, 0.2) is 46.7 Å². The quantitative estimate of drug-likeness (QED) is 0.697. The first-order chi connectivity index (χ1) is 10.1. The van der Waals surface area contributed by atoms with Crippen LogP contribution in [0.25, 0.3) is 10.1 Å². The maximum absolute atomic E-state index is 13.6. The number of thiophene rings is 1. The molecule has 0 amide bonds. The minimum Gasteiger partial charge on any atom is -0.307 e. The first-order valence-corrected chi connectivity index (χ1v) is 6.99. The van der Waals surface area contributed by atoms with E-state index in [1.807, 2.05) is 0 Å². The normalized spacial score (nSPS) is 11.0. The number of hydrogen-bond acceptors (Lipinski definition) is 3. The van der Waals surface area contributed by atoms with Crippen LogP contribution in [0.1, 0.15) is 10.4 Å². The molecule has 0 radical (unpaired) electrons. The molecule has 3 nitrogen and oxygen atoms in total. The molecular weight excluding hydrogens is 296 g/mol. The third-order valence-corrected chi connectivity index (χ3v) is 4.02. The zero-order valence-electron chi connectivity index (χ0n) is 10.7. The number of carbonyl (C=O) groups excluding carboxylic acids is 1. The number of Topliss-reactive ketones (excluding diaryl/α,β-unsaturated/α-hetero) is 1. The number of rotatable bonds is 3. The molecule has 2 aromatic heterocycles. The van der Waals surface area contributed by atoms with Gasteiger partial charge in [0.1, 0.15) is 11.6 Å². The van der Waals surface area contributed by atoms with Crippen molar-refractivity contribution >= 4 is 27.2 Å². The number of carbonyl (C=O) groups is 1. The van der Waals surface area contributed by atoms with E-state index < -0.39 is 17.4 Å². The van der Waals surface area contributed by atoms with Gasteiger partial charge in [0.15, 0.2) is 5.78 Å². The molecule has 0 spiro atoms. The van der Waals surface area contributed by atoms with Crippen LogP contribution in [0.4, 0.5) is 8.78 Å². The Hall–Kier alpha value is -2.34. The summed E-state index contributed by atoms with van der Waals surface area (Å²) in [4.78, 5) is 24.2. The van der Waals surface area contributed by atoms with Crippen LogP contribution in [-0.2, 0) is 6.54 Å². The van der Waals surface area contributed by atoms with E-state index >= 15 is 0 Å². The van der Waals surface area contributed by atoms with E-state index in [1.54, 1.807) is 17.5 Å². The van der Waals surface area contributed by atoms with Gasteiger partial charge in [-0.3, -0.25) is 9.59 Å². The van der Waals surface area contributed by atoms with Gasteiger partial charge in [-0.2, -0.15) is 0 Å². The van der Waals surface area contributed by atoms with Gasteiger partial charge in [0.2, 0.25) is 0 Å². The molecule has 3 rings (SSSR count). The van der Waals surface area contributed by atoms with Crippen LogP contribution < -0.4 is 5.56 Å². The Kier molecular flexibility index (Phi) is 3.39. The highest BCUT2D eigenvalue weighted by Gasteiger charge is 2.14. The number of benzene rings is 1. The molecule has 0 fully saturated rings. The molecular formula is C15H9F2NO2S. The summed E-state index contributed by atoms with van der Waals surface area (Å²) in [5, 5.41) is 2.29. The van der Waals surface area contributed by atoms with Crippen molar-refractivity contribution in [3.8, 4) is 0 Å². The van der Waals surface area contributed by atoms with Gasteiger partial charge in [-0.05, 0) is 35.7 Å². The van der Waals surface area contributed by atoms with E-state index in [9.17, 15) is 18.4 Å². The van der Waals surface area contributed by atoms with Crippen LogP contribution in [0.5, 0.6) is 0 Å². The van der Waals surface area contributed by atoms with Crippen molar-refractivity contribution in [1.29, 1.82) is 0 Å². The highest BCUT2D eigenvalue weighted by atomic mass is 32.1. The predicted octanol–water partition coefficient (Wildman–Crippen LogP) is 3.22. The standard InChI is InChI=1S/C15H9F2NO2S/c16-9-1-2-12(17)11(7-9)13(19)8-18-5-3-14-10(15(18)20)4-6-21-14/h1-7H,8H2. The number of aromatic nitrogens is 1. The number of pyridine rings is 1. The zero-order valence-corrected chi connectivity index (χ0v) is 11.5. The molecule has 0 bridgehead atoms. The van der Waals surface area contributed by atoms with Crippen LogP contribution in [0, 0.1) is 11.6 Å². The molecule has 6 heteroatoms. The van der Waals surface area contributed by atoms with Gasteiger partial charge in [0, 0.05) is 10.9 Å². The topological polar surface area (TPSA) is 39.1 Å². The van der Waals surface area contributed by atoms with E-state index in [0.29, 0.717) is 5.39 Å². The predicted molar refractivity (Wildman–Crippen MR) is 76.8 cm³/mol. The smallest absolute Gasteiger partial charge is 0.259 e. The van der Waals surface area contributed by atoms with Gasteiger partial charge in [-0.25, -0.2) is 8.78 Å². The second kappa shape index (κ2) is 5.21. The van der Waals surface area contributed by atoms with Crippen molar-refractivity contribution in [2.45, 2.75) is 6.54 Å². The Morgan fingerprint density at radius 1 is 1.19 bits per heavy atom. The molecule has 0 saturated heterocycles. The summed E-state index contributed by atoms with van der Waals surface area (Å²) in [5.41, 5.74) is -0.675. The molecule has 0 saturated carbocycles. The molecule has 21 heavy (non-hydrogen) atoms. The lowest BCUT2D eigenvalue weighted by Gasteiger charge is -2.06. The Bertz CT molecular complexity index is 898. The monoisotopic (exact) mass is 305 g/mol. The Morgan fingerprint density at radius 2 is 2.00 bits per heavy atom. The van der Waals surface area contributed by atoms with Crippen molar-refractivity contribution in [3.63, 3.8) is 0 Å². The van der Waals surface area contributed by atoms with Crippen LogP contribution >= 0.6 is 11.3 Å². The molecule has 2 heterocycles. The molecule has 0 unspecified atom stereocenters. The first kappa shape index (κ1) is 13.6. The maximum Gasteiger partial charge on any atom is 0.259 e. The molecule has 0 N–H and O–H groups in total. The van der Waals surface area contributed by atoms with Gasteiger partial charge < -0.3 is 4.57 Å². The molecule has 1 aromatic carbocycles. The average molecular weight is 305 g/mol. The number of halogens is 2. The Labute approximate surface area is 122 Å². The number of hydrogen-bond donors (Lipinski definition) is 0. The van der Waals surface area contributed by atoms with E-state index in [4.69, 9.17) is 0 Å². The van der Waals surface area contributed by atoms with Gasteiger partial charge in [-0.15, -0.1) is 11.3 Å². The summed E-state index contributed by atoms with van der Waals surface area (Å²) in [6.45, 7) is -0.328. The average Bonchev–Trinajstić information content (AvgIpc) is 2.93. The second-order valence-corrected chi connectivity index (χ2v) is 5.44. The van der Waals surface area contributed by atoms with Crippen molar-refractivity contribution in [1.82, 2.24) is 4.57 Å². The Morgan fingerprint density at radius 3 is 2.81 bits per heavy atom. The van der Waals surface area contributed by atoms with Gasteiger partial charge in [0.05, 0.1) is 17.5 Å². The van der Waals surface area contributed by atoms with Crippen molar-refractivity contribution in [2.75, 3.05) is 0 Å².